The Bertz CT molecular complexity index is 443. The van der Waals surface area contributed by atoms with Crippen molar-refractivity contribution in [2.24, 2.45) is 0 Å². The number of halogens is 3. The Morgan fingerprint density at radius 1 is 1.56 bits per heavy atom. The van der Waals surface area contributed by atoms with E-state index in [-0.39, 0.29) is 17.6 Å². The topological polar surface area (TPSA) is 53.4 Å². The quantitative estimate of drug-likeness (QED) is 0.899. The molecule has 2 rings (SSSR count). The van der Waals surface area contributed by atoms with Crippen LogP contribution in [0.15, 0.2) is 5.38 Å². The summed E-state index contributed by atoms with van der Waals surface area (Å²) in [5, 5.41) is 10.3. The van der Waals surface area contributed by atoms with Crippen molar-refractivity contribution in [3.63, 3.8) is 0 Å². The summed E-state index contributed by atoms with van der Waals surface area (Å²) in [4.78, 5) is 15.7. The molecule has 1 heterocycles. The lowest BCUT2D eigenvalue weighted by molar-refractivity contribution is -0.136. The van der Waals surface area contributed by atoms with Gasteiger partial charge in [0.05, 0.1) is 12.1 Å². The zero-order valence-electron chi connectivity index (χ0n) is 9.28. The molecule has 4 nitrogen and oxygen atoms in total. The predicted molar refractivity (Wildman–Crippen MR) is 59.9 cm³/mol. The lowest BCUT2D eigenvalue weighted by Crippen LogP contribution is -2.35. The first-order chi connectivity index (χ1) is 8.35. The Kier molecular flexibility index (Phi) is 3.47. The third kappa shape index (κ3) is 3.59. The van der Waals surface area contributed by atoms with E-state index in [2.05, 4.69) is 4.98 Å². The van der Waals surface area contributed by atoms with Crippen LogP contribution in [0.5, 0.6) is 0 Å². The Labute approximate surface area is 105 Å². The molecule has 0 aliphatic heterocycles. The number of hydrogen-bond acceptors (Lipinski definition) is 4. The van der Waals surface area contributed by atoms with Gasteiger partial charge in [-0.1, -0.05) is 0 Å². The molecule has 1 fully saturated rings. The van der Waals surface area contributed by atoms with Gasteiger partial charge in [-0.3, -0.25) is 4.79 Å². The molecule has 0 radical (unpaired) electrons. The van der Waals surface area contributed by atoms with E-state index in [1.165, 1.54) is 10.3 Å². The van der Waals surface area contributed by atoms with Crippen LogP contribution in [0.1, 0.15) is 18.5 Å². The molecule has 0 aromatic carbocycles. The van der Waals surface area contributed by atoms with Crippen molar-refractivity contribution in [2.75, 3.05) is 11.4 Å². The largest absolute Gasteiger partial charge is 0.481 e. The van der Waals surface area contributed by atoms with Gasteiger partial charge in [-0.2, -0.15) is 13.2 Å². The lowest BCUT2D eigenvalue weighted by Gasteiger charge is -2.22. The van der Waals surface area contributed by atoms with Gasteiger partial charge in [0.25, 0.3) is 0 Å². The van der Waals surface area contributed by atoms with E-state index in [1.807, 2.05) is 0 Å². The third-order valence-corrected chi connectivity index (χ3v) is 3.38. The molecule has 1 aromatic heterocycles. The van der Waals surface area contributed by atoms with Gasteiger partial charge in [0.15, 0.2) is 5.13 Å². The van der Waals surface area contributed by atoms with E-state index < -0.39 is 18.7 Å². The highest BCUT2D eigenvalue weighted by Gasteiger charge is 2.39. The number of carboxylic acid groups (broad SMARTS) is 1. The van der Waals surface area contributed by atoms with Gasteiger partial charge in [0, 0.05) is 11.4 Å². The Morgan fingerprint density at radius 3 is 2.72 bits per heavy atom. The fraction of sp³-hybridized carbons (Fsp3) is 0.600. The molecule has 0 bridgehead atoms. The van der Waals surface area contributed by atoms with Crippen LogP contribution in [0.25, 0.3) is 0 Å². The summed E-state index contributed by atoms with van der Waals surface area (Å²) >= 11 is 1.06. The summed E-state index contributed by atoms with van der Waals surface area (Å²) < 4.78 is 37.3. The molecule has 0 unspecified atom stereocenters. The summed E-state index contributed by atoms with van der Waals surface area (Å²) in [6.45, 7) is -1.03. The highest BCUT2D eigenvalue weighted by atomic mass is 32.1. The number of hydrogen-bond donors (Lipinski definition) is 1. The highest BCUT2D eigenvalue weighted by Crippen LogP contribution is 2.35. The van der Waals surface area contributed by atoms with Crippen molar-refractivity contribution in [2.45, 2.75) is 31.5 Å². The molecule has 1 aliphatic rings. The van der Waals surface area contributed by atoms with Crippen molar-refractivity contribution in [1.29, 1.82) is 0 Å². The second kappa shape index (κ2) is 4.75. The second-order valence-electron chi connectivity index (χ2n) is 4.17. The molecule has 0 atom stereocenters. The standard InChI is InChI=1S/C10H11F3N2O2S/c11-10(12,13)5-15(7-1-2-7)9-14-6(4-18-9)3-8(16)17/h4,7H,1-3,5H2,(H,16,17). The van der Waals surface area contributed by atoms with Gasteiger partial charge in [-0.05, 0) is 12.8 Å². The summed E-state index contributed by atoms with van der Waals surface area (Å²) in [6, 6.07) is -0.115. The monoisotopic (exact) mass is 280 g/mol. The maximum atomic E-state index is 12.4. The first-order valence-corrected chi connectivity index (χ1v) is 6.23. The van der Waals surface area contributed by atoms with Crippen molar-refractivity contribution < 1.29 is 23.1 Å². The summed E-state index contributed by atoms with van der Waals surface area (Å²) in [5.41, 5.74) is 0.301. The van der Waals surface area contributed by atoms with Crippen molar-refractivity contribution in [1.82, 2.24) is 4.98 Å². The van der Waals surface area contributed by atoms with Crippen LogP contribution in [-0.2, 0) is 11.2 Å². The minimum absolute atomic E-state index is 0.115. The molecule has 1 N–H and O–H groups in total. The summed E-state index contributed by atoms with van der Waals surface area (Å²) in [7, 11) is 0. The smallest absolute Gasteiger partial charge is 0.406 e. The molecular formula is C10H11F3N2O2S. The van der Waals surface area contributed by atoms with Crippen molar-refractivity contribution in [3.8, 4) is 0 Å². The van der Waals surface area contributed by atoms with E-state index in [9.17, 15) is 18.0 Å². The maximum absolute atomic E-state index is 12.4. The van der Waals surface area contributed by atoms with Crippen LogP contribution < -0.4 is 4.90 Å². The van der Waals surface area contributed by atoms with E-state index in [0.717, 1.165) is 24.2 Å². The number of carboxylic acids is 1. The van der Waals surface area contributed by atoms with Gasteiger partial charge >= 0.3 is 12.1 Å². The van der Waals surface area contributed by atoms with E-state index in [1.54, 1.807) is 0 Å². The van der Waals surface area contributed by atoms with E-state index in [0.29, 0.717) is 5.69 Å². The van der Waals surface area contributed by atoms with E-state index >= 15 is 0 Å². The Morgan fingerprint density at radius 2 is 2.22 bits per heavy atom. The Balaban J connectivity index is 2.10. The number of carbonyl (C=O) groups is 1. The van der Waals surface area contributed by atoms with Gasteiger partial charge in [0.2, 0.25) is 0 Å². The second-order valence-corrected chi connectivity index (χ2v) is 5.00. The number of anilines is 1. The molecule has 0 amide bonds. The lowest BCUT2D eigenvalue weighted by atomic mass is 10.3. The summed E-state index contributed by atoms with van der Waals surface area (Å²) in [5.74, 6) is -1.04. The summed E-state index contributed by atoms with van der Waals surface area (Å²) in [6.07, 6.45) is -3.09. The van der Waals surface area contributed by atoms with Crippen molar-refractivity contribution >= 4 is 22.4 Å². The normalized spacial score (nSPS) is 15.7. The molecule has 1 aliphatic carbocycles. The van der Waals surface area contributed by atoms with Crippen LogP contribution in [0.4, 0.5) is 18.3 Å². The van der Waals surface area contributed by atoms with Gasteiger partial charge in [-0.15, -0.1) is 11.3 Å². The molecule has 0 saturated heterocycles. The highest BCUT2D eigenvalue weighted by molar-refractivity contribution is 7.13. The van der Waals surface area contributed by atoms with Gasteiger partial charge in [0.1, 0.15) is 6.54 Å². The first kappa shape index (κ1) is 13.1. The van der Waals surface area contributed by atoms with Crippen LogP contribution in [0, 0.1) is 0 Å². The number of thiazole rings is 1. The first-order valence-electron chi connectivity index (χ1n) is 5.35. The van der Waals surface area contributed by atoms with Crippen molar-refractivity contribution in [3.05, 3.63) is 11.1 Å². The van der Waals surface area contributed by atoms with Gasteiger partial charge in [-0.25, -0.2) is 4.98 Å². The number of nitrogens with zero attached hydrogens (tertiary/aromatic N) is 2. The van der Waals surface area contributed by atoms with Gasteiger partial charge < -0.3 is 10.0 Å². The maximum Gasteiger partial charge on any atom is 0.406 e. The zero-order valence-corrected chi connectivity index (χ0v) is 10.1. The average molecular weight is 280 g/mol. The number of rotatable bonds is 5. The molecule has 0 spiro atoms. The molecule has 18 heavy (non-hydrogen) atoms. The third-order valence-electron chi connectivity index (χ3n) is 2.45. The van der Waals surface area contributed by atoms with Crippen LogP contribution in [0.2, 0.25) is 0 Å². The molecule has 100 valence electrons. The molecule has 1 saturated carbocycles. The minimum Gasteiger partial charge on any atom is -0.481 e. The zero-order chi connectivity index (χ0) is 13.3. The van der Waals surface area contributed by atoms with Crippen LogP contribution in [-0.4, -0.2) is 34.8 Å². The molecule has 8 heteroatoms. The fourth-order valence-corrected chi connectivity index (χ4v) is 2.49. The molecule has 1 aromatic rings. The van der Waals surface area contributed by atoms with Crippen LogP contribution >= 0.6 is 11.3 Å². The van der Waals surface area contributed by atoms with Crippen LogP contribution in [0.3, 0.4) is 0 Å². The molecular weight excluding hydrogens is 269 g/mol. The van der Waals surface area contributed by atoms with E-state index in [4.69, 9.17) is 5.11 Å². The number of aliphatic carboxylic acids is 1. The predicted octanol–water partition coefficient (Wildman–Crippen LogP) is 2.30. The number of aromatic nitrogens is 1. The fourth-order valence-electron chi connectivity index (χ4n) is 1.60. The SMILES string of the molecule is O=C(O)Cc1csc(N(CC(F)(F)F)C2CC2)n1. The number of alkyl halides is 3. The minimum atomic E-state index is -4.28. The average Bonchev–Trinajstić information content (AvgIpc) is 2.94. The Hall–Kier alpha value is -1.31.